The van der Waals surface area contributed by atoms with Crippen LogP contribution < -0.4 is 20.5 Å². The summed E-state index contributed by atoms with van der Waals surface area (Å²) in [7, 11) is 3.12. The maximum atomic E-state index is 12.3. The molecule has 0 spiro atoms. The first-order chi connectivity index (χ1) is 12.5. The van der Waals surface area contributed by atoms with Crippen LogP contribution in [0.15, 0.2) is 29.6 Å². The van der Waals surface area contributed by atoms with Crippen LogP contribution in [0.25, 0.3) is 0 Å². The SMILES string of the molecule is COc1ccc(CNC(=O)[C@H](C)Sc2ncc(C#N)c(N)n2)cc1OC. The molecule has 1 atom stereocenters. The van der Waals surface area contributed by atoms with Gasteiger partial charge in [-0.3, -0.25) is 4.79 Å². The Balaban J connectivity index is 1.95. The van der Waals surface area contributed by atoms with E-state index in [0.717, 1.165) is 5.56 Å². The Morgan fingerprint density at radius 1 is 1.38 bits per heavy atom. The van der Waals surface area contributed by atoms with Crippen LogP contribution in [0, 0.1) is 11.3 Å². The number of nitrogens with two attached hydrogens (primary N) is 1. The zero-order valence-corrected chi connectivity index (χ0v) is 15.5. The van der Waals surface area contributed by atoms with E-state index in [0.29, 0.717) is 23.2 Å². The zero-order valence-electron chi connectivity index (χ0n) is 14.6. The molecule has 8 nitrogen and oxygen atoms in total. The zero-order chi connectivity index (χ0) is 19.1. The highest BCUT2D eigenvalue weighted by molar-refractivity contribution is 8.00. The highest BCUT2D eigenvalue weighted by Crippen LogP contribution is 2.27. The molecule has 3 N–H and O–H groups in total. The van der Waals surface area contributed by atoms with E-state index in [4.69, 9.17) is 20.5 Å². The average Bonchev–Trinajstić information content (AvgIpc) is 2.65. The van der Waals surface area contributed by atoms with E-state index >= 15 is 0 Å². The monoisotopic (exact) mass is 373 g/mol. The second-order valence-corrected chi connectivity index (χ2v) is 6.54. The Morgan fingerprint density at radius 3 is 2.73 bits per heavy atom. The number of thioether (sulfide) groups is 1. The normalized spacial score (nSPS) is 11.3. The number of ether oxygens (including phenoxy) is 2. The number of aromatic nitrogens is 2. The number of amides is 1. The van der Waals surface area contributed by atoms with Crippen molar-refractivity contribution in [2.24, 2.45) is 0 Å². The fraction of sp³-hybridized carbons (Fsp3) is 0.294. The van der Waals surface area contributed by atoms with Gasteiger partial charge in [0.1, 0.15) is 17.5 Å². The molecule has 26 heavy (non-hydrogen) atoms. The van der Waals surface area contributed by atoms with Gasteiger partial charge in [-0.15, -0.1) is 0 Å². The first-order valence-corrected chi connectivity index (χ1v) is 8.54. The molecule has 1 heterocycles. The second kappa shape index (κ2) is 8.92. The third-order valence-corrected chi connectivity index (χ3v) is 4.46. The molecule has 0 bridgehead atoms. The summed E-state index contributed by atoms with van der Waals surface area (Å²) in [6.45, 7) is 2.09. The Bertz CT molecular complexity index is 838. The van der Waals surface area contributed by atoms with Gasteiger partial charge in [0.25, 0.3) is 0 Å². The molecule has 1 aromatic heterocycles. The number of nitrogen functional groups attached to an aromatic ring is 1. The number of nitriles is 1. The number of nitrogens with zero attached hydrogens (tertiary/aromatic N) is 3. The minimum absolute atomic E-state index is 0.0999. The van der Waals surface area contributed by atoms with Gasteiger partial charge in [0, 0.05) is 6.54 Å². The molecule has 1 aromatic carbocycles. The van der Waals surface area contributed by atoms with E-state index in [-0.39, 0.29) is 17.3 Å². The molecule has 0 aliphatic carbocycles. The van der Waals surface area contributed by atoms with Crippen LogP contribution in [0.3, 0.4) is 0 Å². The summed E-state index contributed by atoms with van der Waals surface area (Å²) < 4.78 is 10.4. The standard InChI is InChI=1S/C17H19N5O3S/c1-10(26-17-21-9-12(7-18)15(19)22-17)16(23)20-8-11-4-5-13(24-2)14(6-11)25-3/h4-6,9-10H,8H2,1-3H3,(H,20,23)(H2,19,21,22)/t10-/m0/s1. The molecule has 0 aliphatic rings. The number of hydrogen-bond acceptors (Lipinski definition) is 8. The van der Waals surface area contributed by atoms with Crippen LogP contribution in [-0.4, -0.2) is 35.3 Å². The number of carbonyl (C=O) groups excluding carboxylic acids is 1. The van der Waals surface area contributed by atoms with E-state index in [1.54, 1.807) is 33.3 Å². The lowest BCUT2D eigenvalue weighted by atomic mass is 10.2. The summed E-state index contributed by atoms with van der Waals surface area (Å²) >= 11 is 1.17. The van der Waals surface area contributed by atoms with Crippen molar-refractivity contribution >= 4 is 23.5 Å². The van der Waals surface area contributed by atoms with E-state index in [9.17, 15) is 4.79 Å². The van der Waals surface area contributed by atoms with Crippen LogP contribution in [0.2, 0.25) is 0 Å². The van der Waals surface area contributed by atoms with Crippen molar-refractivity contribution in [3.05, 3.63) is 35.5 Å². The summed E-state index contributed by atoms with van der Waals surface area (Å²) in [4.78, 5) is 20.3. The third-order valence-electron chi connectivity index (χ3n) is 3.48. The van der Waals surface area contributed by atoms with Gasteiger partial charge in [0.05, 0.1) is 25.7 Å². The van der Waals surface area contributed by atoms with Crippen LogP contribution >= 0.6 is 11.8 Å². The molecule has 0 radical (unpaired) electrons. The fourth-order valence-electron chi connectivity index (χ4n) is 2.06. The molecule has 1 amide bonds. The number of nitrogens with one attached hydrogen (secondary N) is 1. The maximum Gasteiger partial charge on any atom is 0.233 e. The van der Waals surface area contributed by atoms with Crippen molar-refractivity contribution < 1.29 is 14.3 Å². The lowest BCUT2D eigenvalue weighted by Gasteiger charge is -2.13. The van der Waals surface area contributed by atoms with E-state index < -0.39 is 5.25 Å². The molecule has 2 rings (SSSR count). The number of carbonyl (C=O) groups is 1. The summed E-state index contributed by atoms with van der Waals surface area (Å²) in [6, 6.07) is 7.34. The molecule has 0 unspecified atom stereocenters. The van der Waals surface area contributed by atoms with Gasteiger partial charge in [0.2, 0.25) is 5.91 Å². The summed E-state index contributed by atoms with van der Waals surface area (Å²) in [6.07, 6.45) is 1.35. The van der Waals surface area contributed by atoms with Gasteiger partial charge in [0.15, 0.2) is 16.7 Å². The molecule has 0 saturated heterocycles. The molecular weight excluding hydrogens is 354 g/mol. The van der Waals surface area contributed by atoms with Gasteiger partial charge >= 0.3 is 0 Å². The van der Waals surface area contributed by atoms with Gasteiger partial charge in [-0.2, -0.15) is 5.26 Å². The summed E-state index contributed by atoms with van der Waals surface area (Å²) in [5.41, 5.74) is 6.75. The molecule has 136 valence electrons. The first kappa shape index (κ1) is 19.3. The quantitative estimate of drug-likeness (QED) is 0.556. The van der Waals surface area contributed by atoms with E-state index in [2.05, 4.69) is 15.3 Å². The van der Waals surface area contributed by atoms with Gasteiger partial charge < -0.3 is 20.5 Å². The van der Waals surface area contributed by atoms with E-state index in [1.165, 1.54) is 18.0 Å². The number of benzene rings is 1. The molecule has 9 heteroatoms. The van der Waals surface area contributed by atoms with Gasteiger partial charge in [-0.25, -0.2) is 9.97 Å². The Morgan fingerprint density at radius 2 is 2.12 bits per heavy atom. The molecular formula is C17H19N5O3S. The lowest BCUT2D eigenvalue weighted by Crippen LogP contribution is -2.30. The summed E-state index contributed by atoms with van der Waals surface area (Å²) in [5, 5.41) is 11.6. The van der Waals surface area contributed by atoms with Crippen molar-refractivity contribution in [3.8, 4) is 17.6 Å². The number of anilines is 1. The lowest BCUT2D eigenvalue weighted by molar-refractivity contribution is -0.120. The van der Waals surface area contributed by atoms with Crippen LogP contribution in [-0.2, 0) is 11.3 Å². The van der Waals surface area contributed by atoms with Crippen LogP contribution in [0.5, 0.6) is 11.5 Å². The second-order valence-electron chi connectivity index (χ2n) is 5.23. The summed E-state index contributed by atoms with van der Waals surface area (Å²) in [5.74, 6) is 1.16. The highest BCUT2D eigenvalue weighted by atomic mass is 32.2. The predicted octanol–water partition coefficient (Wildman–Crippen LogP) is 1.74. The molecule has 2 aromatic rings. The Labute approximate surface area is 155 Å². The number of hydrogen-bond donors (Lipinski definition) is 2. The molecule has 0 aliphatic heterocycles. The predicted molar refractivity (Wildman–Crippen MR) is 97.9 cm³/mol. The Kier molecular flexibility index (Phi) is 6.63. The van der Waals surface area contributed by atoms with Crippen molar-refractivity contribution in [3.63, 3.8) is 0 Å². The fourth-order valence-corrected chi connectivity index (χ4v) is 2.83. The number of rotatable bonds is 7. The van der Waals surface area contributed by atoms with Crippen molar-refractivity contribution in [1.82, 2.24) is 15.3 Å². The highest BCUT2D eigenvalue weighted by Gasteiger charge is 2.17. The van der Waals surface area contributed by atoms with Crippen molar-refractivity contribution in [2.45, 2.75) is 23.9 Å². The minimum Gasteiger partial charge on any atom is -0.493 e. The van der Waals surface area contributed by atoms with E-state index in [1.807, 2.05) is 12.1 Å². The van der Waals surface area contributed by atoms with Crippen molar-refractivity contribution in [1.29, 1.82) is 5.26 Å². The first-order valence-electron chi connectivity index (χ1n) is 7.66. The maximum absolute atomic E-state index is 12.3. The van der Waals surface area contributed by atoms with Crippen molar-refractivity contribution in [2.75, 3.05) is 20.0 Å². The van der Waals surface area contributed by atoms with Gasteiger partial charge in [-0.05, 0) is 24.6 Å². The smallest absolute Gasteiger partial charge is 0.233 e. The largest absolute Gasteiger partial charge is 0.493 e. The van der Waals surface area contributed by atoms with Crippen LogP contribution in [0.4, 0.5) is 5.82 Å². The molecule has 0 fully saturated rings. The Hall–Kier alpha value is -2.99. The van der Waals surface area contributed by atoms with Gasteiger partial charge in [-0.1, -0.05) is 17.8 Å². The third kappa shape index (κ3) is 4.77. The topological polar surface area (TPSA) is 123 Å². The van der Waals surface area contributed by atoms with Crippen LogP contribution in [0.1, 0.15) is 18.1 Å². The average molecular weight is 373 g/mol. The minimum atomic E-state index is -0.428. The number of methoxy groups -OCH3 is 2. The molecule has 0 saturated carbocycles.